The molecule has 24 heavy (non-hydrogen) atoms. The largest absolute Gasteiger partial charge is 0.469 e. The van der Waals surface area contributed by atoms with Gasteiger partial charge in [-0.05, 0) is 19.3 Å². The number of hydrogen-bond donors (Lipinski definition) is 0. The Morgan fingerprint density at radius 2 is 1.54 bits per heavy atom. The van der Waals surface area contributed by atoms with Gasteiger partial charge < -0.3 is 9.47 Å². The predicted octanol–water partition coefficient (Wildman–Crippen LogP) is 5.66. The van der Waals surface area contributed by atoms with Gasteiger partial charge in [0.2, 0.25) is 0 Å². The summed E-state index contributed by atoms with van der Waals surface area (Å²) < 4.78 is 10.6. The molecule has 0 radical (unpaired) electrons. The summed E-state index contributed by atoms with van der Waals surface area (Å²) in [6, 6.07) is 0. The van der Waals surface area contributed by atoms with E-state index in [4.69, 9.17) is 9.47 Å². The van der Waals surface area contributed by atoms with E-state index in [1.807, 2.05) is 0 Å². The fourth-order valence-electron chi connectivity index (χ4n) is 2.48. The van der Waals surface area contributed by atoms with Gasteiger partial charge >= 0.3 is 5.97 Å². The van der Waals surface area contributed by atoms with E-state index < -0.39 is 0 Å². The smallest absolute Gasteiger partial charge is 0.305 e. The number of carbonyl (C=O) groups is 1. The molecule has 3 nitrogen and oxygen atoms in total. The molecule has 0 spiro atoms. The van der Waals surface area contributed by atoms with Gasteiger partial charge in [-0.25, -0.2) is 0 Å². The zero-order valence-electron chi connectivity index (χ0n) is 16.2. The van der Waals surface area contributed by atoms with Gasteiger partial charge in [0.05, 0.1) is 7.11 Å². The monoisotopic (exact) mass is 338 g/mol. The average molecular weight is 339 g/mol. The molecule has 0 aliphatic rings. The molecule has 0 aromatic carbocycles. The average Bonchev–Trinajstić information content (AvgIpc) is 2.60. The van der Waals surface area contributed by atoms with Crippen molar-refractivity contribution in [1.29, 1.82) is 0 Å². The van der Waals surface area contributed by atoms with Crippen molar-refractivity contribution in [3.05, 3.63) is 0 Å². The highest BCUT2D eigenvalue weighted by Crippen LogP contribution is 2.08. The lowest BCUT2D eigenvalue weighted by molar-refractivity contribution is -0.141. The van der Waals surface area contributed by atoms with Crippen LogP contribution in [0.4, 0.5) is 0 Å². The molecule has 0 saturated heterocycles. The molecule has 0 rings (SSSR count). The number of hydrogen-bond acceptors (Lipinski definition) is 3. The Morgan fingerprint density at radius 1 is 0.917 bits per heavy atom. The van der Waals surface area contributed by atoms with Crippen LogP contribution in [0.1, 0.15) is 97.3 Å². The third-order valence-electron chi connectivity index (χ3n) is 4.07. The van der Waals surface area contributed by atoms with Gasteiger partial charge in [-0.1, -0.05) is 71.1 Å². The van der Waals surface area contributed by atoms with Crippen molar-refractivity contribution in [2.75, 3.05) is 13.7 Å². The van der Waals surface area contributed by atoms with Crippen LogP contribution in [-0.2, 0) is 14.3 Å². The molecule has 0 aliphatic carbocycles. The van der Waals surface area contributed by atoms with Gasteiger partial charge in [-0.2, -0.15) is 0 Å². The molecule has 0 bridgehead atoms. The van der Waals surface area contributed by atoms with Gasteiger partial charge in [-0.3, -0.25) is 4.79 Å². The first kappa shape index (κ1) is 23.0. The van der Waals surface area contributed by atoms with Gasteiger partial charge in [0, 0.05) is 19.4 Å². The van der Waals surface area contributed by atoms with Crippen LogP contribution in [-0.4, -0.2) is 25.8 Å². The van der Waals surface area contributed by atoms with Crippen molar-refractivity contribution < 1.29 is 14.3 Å². The zero-order valence-corrected chi connectivity index (χ0v) is 16.2. The lowest BCUT2D eigenvalue weighted by atomic mass is 10.1. The molecule has 1 unspecified atom stereocenters. The summed E-state index contributed by atoms with van der Waals surface area (Å²) in [7, 11) is 1.42. The zero-order chi connectivity index (χ0) is 17.9. The molecule has 140 valence electrons. The van der Waals surface area contributed by atoms with Crippen LogP contribution in [0.5, 0.6) is 0 Å². The fraction of sp³-hybridized carbons (Fsp3) is 0.857. The normalized spacial score (nSPS) is 11.6. The van der Waals surface area contributed by atoms with E-state index >= 15 is 0 Å². The minimum absolute atomic E-state index is 0.134. The van der Waals surface area contributed by atoms with Crippen LogP contribution in [0.3, 0.4) is 0 Å². The molecule has 0 saturated carbocycles. The van der Waals surface area contributed by atoms with Gasteiger partial charge in [-0.15, -0.1) is 5.92 Å². The molecule has 0 N–H and O–H groups in total. The molecule has 0 heterocycles. The van der Waals surface area contributed by atoms with E-state index in [0.29, 0.717) is 12.8 Å². The van der Waals surface area contributed by atoms with E-state index in [9.17, 15) is 4.79 Å². The van der Waals surface area contributed by atoms with E-state index in [2.05, 4.69) is 25.7 Å². The topological polar surface area (TPSA) is 35.5 Å². The molecule has 0 amide bonds. The molecule has 3 heteroatoms. The first-order chi connectivity index (χ1) is 11.7. The van der Waals surface area contributed by atoms with Crippen LogP contribution in [0, 0.1) is 11.8 Å². The summed E-state index contributed by atoms with van der Waals surface area (Å²) in [5.41, 5.74) is 0. The minimum Gasteiger partial charge on any atom is -0.469 e. The Hall–Kier alpha value is -1.01. The number of unbranched alkanes of at least 4 members (excludes halogenated alkanes) is 9. The highest BCUT2D eigenvalue weighted by molar-refractivity contribution is 5.69. The van der Waals surface area contributed by atoms with Crippen molar-refractivity contribution in [3.63, 3.8) is 0 Å². The van der Waals surface area contributed by atoms with E-state index in [1.165, 1.54) is 58.5 Å². The summed E-state index contributed by atoms with van der Waals surface area (Å²) in [5.74, 6) is 6.27. The van der Waals surface area contributed by atoms with Crippen LogP contribution in [0.2, 0.25) is 0 Å². The van der Waals surface area contributed by atoms with Crippen molar-refractivity contribution in [2.24, 2.45) is 0 Å². The lowest BCUT2D eigenvalue weighted by Crippen LogP contribution is -2.14. The summed E-state index contributed by atoms with van der Waals surface area (Å²) in [5, 5.41) is 0. The maximum absolute atomic E-state index is 11.3. The van der Waals surface area contributed by atoms with Crippen LogP contribution >= 0.6 is 0 Å². The second-order valence-electron chi connectivity index (χ2n) is 6.37. The van der Waals surface area contributed by atoms with E-state index in [0.717, 1.165) is 25.9 Å². The van der Waals surface area contributed by atoms with Crippen molar-refractivity contribution in [3.8, 4) is 11.8 Å². The van der Waals surface area contributed by atoms with Crippen LogP contribution in [0.25, 0.3) is 0 Å². The van der Waals surface area contributed by atoms with Gasteiger partial charge in [0.15, 0.2) is 0 Å². The molecule has 0 aromatic rings. The lowest BCUT2D eigenvalue weighted by Gasteiger charge is -2.11. The van der Waals surface area contributed by atoms with Gasteiger partial charge in [0.1, 0.15) is 6.10 Å². The predicted molar refractivity (Wildman–Crippen MR) is 101 cm³/mol. The van der Waals surface area contributed by atoms with Crippen LogP contribution < -0.4 is 0 Å². The van der Waals surface area contributed by atoms with Crippen molar-refractivity contribution in [2.45, 2.75) is 103 Å². The van der Waals surface area contributed by atoms with Gasteiger partial charge in [0.25, 0.3) is 0 Å². The molecular weight excluding hydrogens is 300 g/mol. The first-order valence-electron chi connectivity index (χ1n) is 9.91. The Balaban J connectivity index is 3.99. The maximum Gasteiger partial charge on any atom is 0.305 e. The molecule has 0 fully saturated rings. The minimum atomic E-state index is -0.188. The molecule has 0 aromatic heterocycles. The molecule has 0 aliphatic heterocycles. The van der Waals surface area contributed by atoms with Crippen molar-refractivity contribution >= 4 is 5.97 Å². The number of rotatable bonds is 15. The second kappa shape index (κ2) is 18.3. The third kappa shape index (κ3) is 15.9. The number of carbonyl (C=O) groups excluding carboxylic acids is 1. The highest BCUT2D eigenvalue weighted by Gasteiger charge is 2.09. The van der Waals surface area contributed by atoms with Crippen LogP contribution in [0.15, 0.2) is 0 Å². The summed E-state index contributed by atoms with van der Waals surface area (Å²) in [4.78, 5) is 11.3. The first-order valence-corrected chi connectivity index (χ1v) is 9.91. The Kier molecular flexibility index (Phi) is 17.6. The number of esters is 1. The molecule has 1 atom stereocenters. The summed E-state index contributed by atoms with van der Waals surface area (Å²) in [6.45, 7) is 5.17. The maximum atomic E-state index is 11.3. The third-order valence-corrected chi connectivity index (χ3v) is 4.07. The summed E-state index contributed by atoms with van der Waals surface area (Å²) in [6.07, 6.45) is 14.3. The quantitative estimate of drug-likeness (QED) is 0.219. The Bertz CT molecular complexity index is 341. The summed E-state index contributed by atoms with van der Waals surface area (Å²) >= 11 is 0. The Labute approximate surface area is 149 Å². The highest BCUT2D eigenvalue weighted by atomic mass is 16.5. The number of ether oxygens (including phenoxy) is 2. The SMILES string of the molecule is CCCCCCCCC#CC(CCC(=O)OC)OCCCCCC. The van der Waals surface area contributed by atoms with E-state index in [1.54, 1.807) is 0 Å². The molecular formula is C21H38O3. The Morgan fingerprint density at radius 3 is 2.21 bits per heavy atom. The van der Waals surface area contributed by atoms with Crippen molar-refractivity contribution in [1.82, 2.24) is 0 Å². The van der Waals surface area contributed by atoms with E-state index in [-0.39, 0.29) is 12.1 Å². The second-order valence-corrected chi connectivity index (χ2v) is 6.37. The number of methoxy groups -OCH3 is 1. The fourth-order valence-corrected chi connectivity index (χ4v) is 2.48. The standard InChI is InChI=1S/C21H38O3/c1-4-6-8-10-11-12-13-14-16-20(17-18-21(22)23-3)24-19-15-9-7-5-2/h20H,4-13,15,17-19H2,1-3H3.